The molecule has 0 aliphatic heterocycles. The molecule has 106 valence electrons. The van der Waals surface area contributed by atoms with Gasteiger partial charge in [0.15, 0.2) is 5.78 Å². The van der Waals surface area contributed by atoms with E-state index in [0.717, 1.165) is 12.3 Å². The van der Waals surface area contributed by atoms with Crippen LogP contribution < -0.4 is 0 Å². The van der Waals surface area contributed by atoms with Crippen LogP contribution in [-0.4, -0.2) is 17.9 Å². The Labute approximate surface area is 113 Å². The normalized spacial score (nSPS) is 19.4. The average molecular weight is 283 g/mol. The van der Waals surface area contributed by atoms with Gasteiger partial charge in [0.2, 0.25) is 0 Å². The minimum absolute atomic E-state index is 0.166. The number of halogens is 3. The number of rotatable bonds is 2. The van der Waals surface area contributed by atoms with E-state index < -0.39 is 17.7 Å². The molecule has 1 aliphatic carbocycles. The topological polar surface area (TPSA) is 39.2 Å². The molecule has 3 nitrogen and oxygen atoms in total. The smallest absolute Gasteiger partial charge is 0.417 e. The number of pyridine rings is 1. The number of nitrogens with zero attached hydrogens (tertiary/aromatic N) is 1. The van der Waals surface area contributed by atoms with Crippen LogP contribution in [-0.2, 0) is 15.7 Å². The number of allylic oxidation sites excluding steroid dienone is 3. The third kappa shape index (κ3) is 2.74. The SMILES string of the molecule is COC1=CC(=O)C(C)C(c2ccc(C(F)(F)F)cn2)=C1. The van der Waals surface area contributed by atoms with Gasteiger partial charge in [0.25, 0.3) is 0 Å². The highest BCUT2D eigenvalue weighted by Crippen LogP contribution is 2.32. The highest BCUT2D eigenvalue weighted by molar-refractivity contribution is 6.02. The molecule has 6 heteroatoms. The molecule has 1 aromatic heterocycles. The Balaban J connectivity index is 2.38. The van der Waals surface area contributed by atoms with Crippen molar-refractivity contribution in [3.8, 4) is 0 Å². The third-order valence-electron chi connectivity index (χ3n) is 3.10. The van der Waals surface area contributed by atoms with Crippen molar-refractivity contribution >= 4 is 11.4 Å². The molecule has 0 fully saturated rings. The summed E-state index contributed by atoms with van der Waals surface area (Å²) in [5.41, 5.74) is 0.0590. The maximum Gasteiger partial charge on any atom is 0.417 e. The van der Waals surface area contributed by atoms with Crippen LogP contribution >= 0.6 is 0 Å². The summed E-state index contributed by atoms with van der Waals surface area (Å²) < 4.78 is 42.4. The van der Waals surface area contributed by atoms with Gasteiger partial charge >= 0.3 is 6.18 Å². The van der Waals surface area contributed by atoms with E-state index in [1.165, 1.54) is 19.3 Å². The standard InChI is InChI=1S/C14H12F3NO2/c1-8-11(5-10(20-2)6-13(8)19)12-4-3-9(7-18-12)14(15,16)17/h3-8H,1-2H3. The molecule has 0 bridgehead atoms. The fourth-order valence-electron chi connectivity index (χ4n) is 1.88. The molecule has 0 N–H and O–H groups in total. The molecule has 1 heterocycles. The van der Waals surface area contributed by atoms with Crippen LogP contribution in [0.5, 0.6) is 0 Å². The lowest BCUT2D eigenvalue weighted by atomic mass is 9.89. The number of carbonyl (C=O) groups is 1. The van der Waals surface area contributed by atoms with Gasteiger partial charge in [0, 0.05) is 18.2 Å². The lowest BCUT2D eigenvalue weighted by molar-refractivity contribution is -0.137. The van der Waals surface area contributed by atoms with Crippen molar-refractivity contribution in [2.45, 2.75) is 13.1 Å². The van der Waals surface area contributed by atoms with Gasteiger partial charge < -0.3 is 4.74 Å². The molecule has 1 aromatic rings. The Bertz CT molecular complexity index is 585. The Morgan fingerprint density at radius 1 is 1.25 bits per heavy atom. The van der Waals surface area contributed by atoms with Crippen LogP contribution in [0.15, 0.2) is 36.2 Å². The summed E-state index contributed by atoms with van der Waals surface area (Å²) in [4.78, 5) is 15.6. The number of hydrogen-bond acceptors (Lipinski definition) is 3. The van der Waals surface area contributed by atoms with Crippen LogP contribution in [0.1, 0.15) is 18.2 Å². The lowest BCUT2D eigenvalue weighted by Crippen LogP contribution is -2.16. The second-order valence-electron chi connectivity index (χ2n) is 4.40. The van der Waals surface area contributed by atoms with E-state index in [1.54, 1.807) is 13.0 Å². The van der Waals surface area contributed by atoms with Gasteiger partial charge in [0.05, 0.1) is 18.4 Å². The summed E-state index contributed by atoms with van der Waals surface area (Å²) in [6, 6.07) is 2.21. The van der Waals surface area contributed by atoms with Crippen molar-refractivity contribution in [2.75, 3.05) is 7.11 Å². The van der Waals surface area contributed by atoms with Crippen molar-refractivity contribution < 1.29 is 22.7 Å². The number of ketones is 1. The first-order valence-corrected chi connectivity index (χ1v) is 5.87. The first kappa shape index (κ1) is 14.3. The minimum Gasteiger partial charge on any atom is -0.497 e. The first-order valence-electron chi connectivity index (χ1n) is 5.87. The number of carbonyl (C=O) groups excluding carboxylic acids is 1. The fraction of sp³-hybridized carbons (Fsp3) is 0.286. The van der Waals surface area contributed by atoms with Crippen LogP contribution in [0, 0.1) is 5.92 Å². The summed E-state index contributed by atoms with van der Waals surface area (Å²) in [6.45, 7) is 1.68. The number of alkyl halides is 3. The van der Waals surface area contributed by atoms with E-state index >= 15 is 0 Å². The van der Waals surface area contributed by atoms with Gasteiger partial charge in [-0.05, 0) is 23.8 Å². The molecule has 1 unspecified atom stereocenters. The van der Waals surface area contributed by atoms with Crippen molar-refractivity contribution in [1.82, 2.24) is 4.98 Å². The molecule has 0 aromatic carbocycles. The molecule has 1 atom stereocenters. The van der Waals surface area contributed by atoms with Gasteiger partial charge in [-0.15, -0.1) is 0 Å². The Hall–Kier alpha value is -2.11. The average Bonchev–Trinajstić information content (AvgIpc) is 2.41. The number of ether oxygens (including phenoxy) is 1. The molecule has 0 saturated carbocycles. The quantitative estimate of drug-likeness (QED) is 0.836. The van der Waals surface area contributed by atoms with Crippen molar-refractivity contribution in [3.05, 3.63) is 47.5 Å². The molecular formula is C14H12F3NO2. The van der Waals surface area contributed by atoms with Crippen LogP contribution in [0.2, 0.25) is 0 Å². The van der Waals surface area contributed by atoms with Gasteiger partial charge in [0.1, 0.15) is 5.76 Å². The number of hydrogen-bond donors (Lipinski definition) is 0. The van der Waals surface area contributed by atoms with E-state index in [2.05, 4.69) is 4.98 Å². The predicted molar refractivity (Wildman–Crippen MR) is 66.5 cm³/mol. The Kier molecular flexibility index (Phi) is 3.65. The van der Waals surface area contributed by atoms with E-state index in [0.29, 0.717) is 17.0 Å². The molecule has 20 heavy (non-hydrogen) atoms. The number of methoxy groups -OCH3 is 1. The largest absolute Gasteiger partial charge is 0.497 e. The van der Waals surface area contributed by atoms with E-state index in [1.807, 2.05) is 0 Å². The summed E-state index contributed by atoms with van der Waals surface area (Å²) in [6.07, 6.45) is -0.691. The van der Waals surface area contributed by atoms with E-state index in [-0.39, 0.29) is 5.78 Å². The zero-order chi connectivity index (χ0) is 14.9. The van der Waals surface area contributed by atoms with E-state index in [9.17, 15) is 18.0 Å². The first-order chi connectivity index (χ1) is 9.32. The van der Waals surface area contributed by atoms with Crippen LogP contribution in [0.4, 0.5) is 13.2 Å². The van der Waals surface area contributed by atoms with Crippen molar-refractivity contribution in [3.63, 3.8) is 0 Å². The number of aromatic nitrogens is 1. The van der Waals surface area contributed by atoms with E-state index in [4.69, 9.17) is 4.74 Å². The third-order valence-corrected chi connectivity index (χ3v) is 3.10. The summed E-state index contributed by atoms with van der Waals surface area (Å²) in [5, 5.41) is 0. The maximum atomic E-state index is 12.5. The van der Waals surface area contributed by atoms with Crippen LogP contribution in [0.25, 0.3) is 5.57 Å². The minimum atomic E-state index is -4.43. The molecule has 2 rings (SSSR count). The predicted octanol–water partition coefficient (Wildman–Crippen LogP) is 3.23. The highest BCUT2D eigenvalue weighted by atomic mass is 19.4. The molecule has 0 amide bonds. The Morgan fingerprint density at radius 2 is 1.95 bits per heavy atom. The zero-order valence-electron chi connectivity index (χ0n) is 10.9. The highest BCUT2D eigenvalue weighted by Gasteiger charge is 2.31. The van der Waals surface area contributed by atoms with Crippen molar-refractivity contribution in [2.24, 2.45) is 5.92 Å². The lowest BCUT2D eigenvalue weighted by Gasteiger charge is -2.18. The Morgan fingerprint density at radius 3 is 2.45 bits per heavy atom. The molecule has 1 aliphatic rings. The van der Waals surface area contributed by atoms with Gasteiger partial charge in [-0.3, -0.25) is 9.78 Å². The van der Waals surface area contributed by atoms with Gasteiger partial charge in [-0.1, -0.05) is 6.92 Å². The second kappa shape index (κ2) is 5.11. The monoisotopic (exact) mass is 283 g/mol. The molecule has 0 spiro atoms. The fourth-order valence-corrected chi connectivity index (χ4v) is 1.88. The maximum absolute atomic E-state index is 12.5. The summed E-state index contributed by atoms with van der Waals surface area (Å²) in [7, 11) is 1.42. The second-order valence-corrected chi connectivity index (χ2v) is 4.40. The molecule has 0 saturated heterocycles. The zero-order valence-corrected chi connectivity index (χ0v) is 10.9. The summed E-state index contributed by atoms with van der Waals surface area (Å²) in [5.74, 6) is -0.260. The van der Waals surface area contributed by atoms with Crippen molar-refractivity contribution in [1.29, 1.82) is 0 Å². The van der Waals surface area contributed by atoms with Crippen LogP contribution in [0.3, 0.4) is 0 Å². The van der Waals surface area contributed by atoms with Gasteiger partial charge in [-0.25, -0.2) is 0 Å². The van der Waals surface area contributed by atoms with Gasteiger partial charge in [-0.2, -0.15) is 13.2 Å². The summed E-state index contributed by atoms with van der Waals surface area (Å²) >= 11 is 0. The molecular weight excluding hydrogens is 271 g/mol. The molecule has 0 radical (unpaired) electrons.